The smallest absolute Gasteiger partial charge is 0.240 e. The summed E-state index contributed by atoms with van der Waals surface area (Å²) in [6, 6.07) is 17.7. The summed E-state index contributed by atoms with van der Waals surface area (Å²) in [5.74, 6) is 0.587. The molecule has 120 valence electrons. The Hall–Kier alpha value is -2.15. The zero-order valence-corrected chi connectivity index (χ0v) is 13.4. The molecule has 0 fully saturated rings. The molecule has 3 aromatic rings. The highest BCUT2D eigenvalue weighted by Gasteiger charge is 2.20. The summed E-state index contributed by atoms with van der Waals surface area (Å²) in [5.41, 5.74) is 0.746. The van der Waals surface area contributed by atoms with Gasteiger partial charge in [0, 0.05) is 19.0 Å². The highest BCUT2D eigenvalue weighted by molar-refractivity contribution is 7.89. The molecule has 6 heteroatoms. The van der Waals surface area contributed by atoms with E-state index in [0.29, 0.717) is 5.76 Å². The average molecular weight is 331 g/mol. The van der Waals surface area contributed by atoms with Crippen LogP contribution in [0, 0.1) is 0 Å². The number of ether oxygens (including phenoxy) is 1. The van der Waals surface area contributed by atoms with Gasteiger partial charge in [-0.1, -0.05) is 36.4 Å². The number of sulfonamides is 1. The number of methoxy groups -OCH3 is 1. The molecule has 3 rings (SSSR count). The number of rotatable bonds is 6. The first-order chi connectivity index (χ1) is 11.1. The second-order valence-electron chi connectivity index (χ2n) is 5.08. The molecule has 0 unspecified atom stereocenters. The molecule has 0 aliphatic carbocycles. The molecule has 1 atom stereocenters. The monoisotopic (exact) mass is 331 g/mol. The maximum Gasteiger partial charge on any atom is 0.240 e. The molecule has 5 nitrogen and oxygen atoms in total. The van der Waals surface area contributed by atoms with Crippen LogP contribution in [0.4, 0.5) is 0 Å². The molecule has 0 spiro atoms. The van der Waals surface area contributed by atoms with E-state index in [1.54, 1.807) is 30.3 Å². The van der Waals surface area contributed by atoms with Crippen LogP contribution in [-0.2, 0) is 14.8 Å². The Labute approximate surface area is 134 Å². The standard InChI is InChI=1S/C17H17NO4S/c1-21-17(16-11-13-7-5-6-10-15(13)22-16)12-18-23(19,20)14-8-3-2-4-9-14/h2-11,17-18H,12H2,1H3/t17-/m0/s1. The Kier molecular flexibility index (Phi) is 4.47. The Morgan fingerprint density at radius 1 is 1.09 bits per heavy atom. The SMILES string of the molecule is CO[C@@H](CNS(=O)(=O)c1ccccc1)c1cc2ccccc2o1. The van der Waals surface area contributed by atoms with Gasteiger partial charge in [0.25, 0.3) is 0 Å². The number of para-hydroxylation sites is 1. The van der Waals surface area contributed by atoms with Gasteiger partial charge >= 0.3 is 0 Å². The van der Waals surface area contributed by atoms with Crippen LogP contribution in [0.1, 0.15) is 11.9 Å². The van der Waals surface area contributed by atoms with Gasteiger partial charge in [-0.25, -0.2) is 13.1 Å². The van der Waals surface area contributed by atoms with Gasteiger partial charge in [-0.05, 0) is 24.3 Å². The molecular formula is C17H17NO4S. The lowest BCUT2D eigenvalue weighted by Crippen LogP contribution is -2.29. The highest BCUT2D eigenvalue weighted by Crippen LogP contribution is 2.25. The molecule has 0 aliphatic heterocycles. The van der Waals surface area contributed by atoms with Gasteiger partial charge in [-0.15, -0.1) is 0 Å². The molecule has 0 aliphatic rings. The maximum atomic E-state index is 12.3. The van der Waals surface area contributed by atoms with Crippen molar-refractivity contribution in [2.45, 2.75) is 11.0 Å². The van der Waals surface area contributed by atoms with Gasteiger partial charge in [0.2, 0.25) is 10.0 Å². The molecule has 1 N–H and O–H groups in total. The second-order valence-corrected chi connectivity index (χ2v) is 6.84. The number of hydrogen-bond donors (Lipinski definition) is 1. The van der Waals surface area contributed by atoms with Crippen LogP contribution in [0.5, 0.6) is 0 Å². The number of benzene rings is 2. The minimum atomic E-state index is -3.58. The van der Waals surface area contributed by atoms with E-state index in [9.17, 15) is 8.42 Å². The molecule has 0 saturated heterocycles. The lowest BCUT2D eigenvalue weighted by molar-refractivity contribution is 0.0893. The third-order valence-corrected chi connectivity index (χ3v) is 5.00. The van der Waals surface area contributed by atoms with Gasteiger partial charge in [0.05, 0.1) is 4.90 Å². The Bertz CT molecular complexity index is 854. The summed E-state index contributed by atoms with van der Waals surface area (Å²) in [7, 11) is -2.05. The van der Waals surface area contributed by atoms with E-state index in [0.717, 1.165) is 11.0 Å². The Balaban J connectivity index is 1.77. The number of furan rings is 1. The fraction of sp³-hybridized carbons (Fsp3) is 0.176. The number of fused-ring (bicyclic) bond motifs is 1. The molecule has 0 bridgehead atoms. The highest BCUT2D eigenvalue weighted by atomic mass is 32.2. The van der Waals surface area contributed by atoms with Crippen LogP contribution in [0.3, 0.4) is 0 Å². The summed E-state index contributed by atoms with van der Waals surface area (Å²) < 4.78 is 38.2. The Morgan fingerprint density at radius 3 is 2.48 bits per heavy atom. The minimum absolute atomic E-state index is 0.0908. The van der Waals surface area contributed by atoms with Crippen molar-refractivity contribution in [1.82, 2.24) is 4.72 Å². The largest absolute Gasteiger partial charge is 0.458 e. The zero-order chi connectivity index (χ0) is 16.3. The summed E-state index contributed by atoms with van der Waals surface area (Å²) in [5, 5.41) is 0.954. The third-order valence-electron chi connectivity index (χ3n) is 3.56. The van der Waals surface area contributed by atoms with Crippen LogP contribution in [0.15, 0.2) is 70.0 Å². The van der Waals surface area contributed by atoms with Gasteiger partial charge in [0.15, 0.2) is 0 Å². The van der Waals surface area contributed by atoms with E-state index in [2.05, 4.69) is 4.72 Å². The van der Waals surface area contributed by atoms with Crippen LogP contribution >= 0.6 is 0 Å². The predicted molar refractivity (Wildman–Crippen MR) is 87.6 cm³/mol. The van der Waals surface area contributed by atoms with Crippen molar-refractivity contribution in [3.8, 4) is 0 Å². The Morgan fingerprint density at radius 2 is 1.78 bits per heavy atom. The zero-order valence-electron chi connectivity index (χ0n) is 12.6. The van der Waals surface area contributed by atoms with Crippen molar-refractivity contribution in [2.24, 2.45) is 0 Å². The van der Waals surface area contributed by atoms with Crippen molar-refractivity contribution >= 4 is 21.0 Å². The molecular weight excluding hydrogens is 314 g/mol. The van der Waals surface area contributed by atoms with Crippen LogP contribution < -0.4 is 4.72 Å². The van der Waals surface area contributed by atoms with Gasteiger partial charge in [-0.2, -0.15) is 0 Å². The molecule has 2 aromatic carbocycles. The predicted octanol–water partition coefficient (Wildman–Crippen LogP) is 3.10. The van der Waals surface area contributed by atoms with Crippen molar-refractivity contribution in [2.75, 3.05) is 13.7 Å². The van der Waals surface area contributed by atoms with Crippen molar-refractivity contribution < 1.29 is 17.6 Å². The first-order valence-electron chi connectivity index (χ1n) is 7.16. The van der Waals surface area contributed by atoms with E-state index in [1.807, 2.05) is 30.3 Å². The fourth-order valence-electron chi connectivity index (χ4n) is 2.33. The lowest BCUT2D eigenvalue weighted by atomic mass is 10.2. The summed E-state index contributed by atoms with van der Waals surface area (Å²) in [6.07, 6.45) is -0.499. The maximum absolute atomic E-state index is 12.3. The van der Waals surface area contributed by atoms with E-state index in [4.69, 9.17) is 9.15 Å². The quantitative estimate of drug-likeness (QED) is 0.753. The van der Waals surface area contributed by atoms with Gasteiger partial charge < -0.3 is 9.15 Å². The fourth-order valence-corrected chi connectivity index (χ4v) is 3.38. The van der Waals surface area contributed by atoms with Gasteiger partial charge in [0.1, 0.15) is 17.4 Å². The normalized spacial score (nSPS) is 13.3. The topological polar surface area (TPSA) is 68.5 Å². The minimum Gasteiger partial charge on any atom is -0.458 e. The van der Waals surface area contributed by atoms with E-state index >= 15 is 0 Å². The molecule has 0 saturated carbocycles. The molecule has 23 heavy (non-hydrogen) atoms. The first kappa shape index (κ1) is 15.7. The second kappa shape index (κ2) is 6.54. The lowest BCUT2D eigenvalue weighted by Gasteiger charge is -2.14. The number of nitrogens with one attached hydrogen (secondary N) is 1. The summed E-state index contributed by atoms with van der Waals surface area (Å²) in [4.78, 5) is 0.222. The average Bonchev–Trinajstić information content (AvgIpc) is 3.00. The molecule has 0 radical (unpaired) electrons. The molecule has 1 heterocycles. The first-order valence-corrected chi connectivity index (χ1v) is 8.64. The summed E-state index contributed by atoms with van der Waals surface area (Å²) in [6.45, 7) is 0.0908. The van der Waals surface area contributed by atoms with Crippen LogP contribution in [0.25, 0.3) is 11.0 Å². The van der Waals surface area contributed by atoms with E-state index in [-0.39, 0.29) is 11.4 Å². The third kappa shape index (κ3) is 3.44. The van der Waals surface area contributed by atoms with Crippen molar-refractivity contribution in [3.63, 3.8) is 0 Å². The van der Waals surface area contributed by atoms with Crippen LogP contribution in [0.2, 0.25) is 0 Å². The van der Waals surface area contributed by atoms with Crippen molar-refractivity contribution in [3.05, 3.63) is 66.4 Å². The molecule has 1 aromatic heterocycles. The number of hydrogen-bond acceptors (Lipinski definition) is 4. The van der Waals surface area contributed by atoms with E-state index < -0.39 is 16.1 Å². The summed E-state index contributed by atoms with van der Waals surface area (Å²) >= 11 is 0. The van der Waals surface area contributed by atoms with Gasteiger partial charge in [-0.3, -0.25) is 0 Å². The molecule has 0 amide bonds. The van der Waals surface area contributed by atoms with Crippen LogP contribution in [-0.4, -0.2) is 22.1 Å². The van der Waals surface area contributed by atoms with E-state index in [1.165, 1.54) is 7.11 Å². The van der Waals surface area contributed by atoms with Crippen molar-refractivity contribution in [1.29, 1.82) is 0 Å².